The fourth-order valence-electron chi connectivity index (χ4n) is 3.28. The number of fused-ring (bicyclic) bond motifs is 1. The minimum atomic E-state index is -0.0977. The number of hydrogen-bond donors (Lipinski definition) is 2. The number of carbonyl (C=O) groups excluding carboxylic acids is 2. The Hall–Kier alpha value is -3.29. The molecule has 2 aromatic heterocycles. The Labute approximate surface area is 176 Å². The van der Waals surface area contributed by atoms with E-state index in [2.05, 4.69) is 25.7 Å². The van der Waals surface area contributed by atoms with Crippen LogP contribution in [-0.2, 0) is 17.8 Å². The van der Waals surface area contributed by atoms with E-state index in [1.165, 1.54) is 6.33 Å². The molecule has 2 N–H and O–H groups in total. The van der Waals surface area contributed by atoms with Crippen LogP contribution in [0.3, 0.4) is 0 Å². The van der Waals surface area contributed by atoms with Crippen molar-refractivity contribution in [2.45, 2.75) is 59.5 Å². The van der Waals surface area contributed by atoms with Crippen LogP contribution < -0.4 is 10.6 Å². The minimum absolute atomic E-state index is 0.0538. The van der Waals surface area contributed by atoms with Crippen LogP contribution in [0, 0.1) is 13.8 Å². The Bertz CT molecular complexity index is 1060. The van der Waals surface area contributed by atoms with Gasteiger partial charge in [-0.15, -0.1) is 0 Å². The van der Waals surface area contributed by atoms with Crippen LogP contribution in [0.25, 0.3) is 5.78 Å². The first-order chi connectivity index (χ1) is 14.4. The molecule has 0 saturated carbocycles. The molecule has 2 heterocycles. The fraction of sp³-hybridized carbons (Fsp3) is 0.409. The largest absolute Gasteiger partial charge is 0.352 e. The molecule has 3 rings (SSSR count). The average molecular weight is 409 g/mol. The van der Waals surface area contributed by atoms with E-state index in [0.717, 1.165) is 28.9 Å². The van der Waals surface area contributed by atoms with E-state index in [1.54, 1.807) is 10.6 Å². The second kappa shape index (κ2) is 9.47. The quantitative estimate of drug-likeness (QED) is 0.596. The highest BCUT2D eigenvalue weighted by Crippen LogP contribution is 2.15. The van der Waals surface area contributed by atoms with Crippen molar-refractivity contribution in [3.8, 4) is 0 Å². The summed E-state index contributed by atoms with van der Waals surface area (Å²) in [4.78, 5) is 33.2. The van der Waals surface area contributed by atoms with Crippen LogP contribution in [0.2, 0.25) is 0 Å². The number of nitrogens with zero attached hydrogens (tertiary/aromatic N) is 4. The molecule has 0 radical (unpaired) electrons. The molecule has 0 aliphatic carbocycles. The van der Waals surface area contributed by atoms with Gasteiger partial charge in [-0.05, 0) is 56.9 Å². The smallest absolute Gasteiger partial charge is 0.252 e. The van der Waals surface area contributed by atoms with Gasteiger partial charge in [-0.1, -0.05) is 19.1 Å². The zero-order valence-electron chi connectivity index (χ0n) is 17.9. The van der Waals surface area contributed by atoms with E-state index in [-0.39, 0.29) is 17.9 Å². The minimum Gasteiger partial charge on any atom is -0.352 e. The molecule has 2 amide bonds. The second-order valence-corrected chi connectivity index (χ2v) is 7.49. The lowest BCUT2D eigenvalue weighted by atomic mass is 10.1. The van der Waals surface area contributed by atoms with E-state index >= 15 is 0 Å². The predicted octanol–water partition coefficient (Wildman–Crippen LogP) is 2.52. The monoisotopic (exact) mass is 408 g/mol. The molecule has 3 aromatic rings. The van der Waals surface area contributed by atoms with Crippen molar-refractivity contribution in [1.29, 1.82) is 0 Å². The summed E-state index contributed by atoms with van der Waals surface area (Å²) < 4.78 is 1.69. The highest BCUT2D eigenvalue weighted by atomic mass is 16.2. The molecule has 1 unspecified atom stereocenters. The van der Waals surface area contributed by atoms with Gasteiger partial charge in [0.2, 0.25) is 5.91 Å². The number of rotatable bonds is 8. The molecule has 0 aliphatic rings. The van der Waals surface area contributed by atoms with Gasteiger partial charge in [-0.25, -0.2) is 9.50 Å². The summed E-state index contributed by atoms with van der Waals surface area (Å²) >= 11 is 0. The topological polar surface area (TPSA) is 101 Å². The van der Waals surface area contributed by atoms with Gasteiger partial charge in [0.1, 0.15) is 6.33 Å². The lowest BCUT2D eigenvalue weighted by Gasteiger charge is -2.12. The van der Waals surface area contributed by atoms with E-state index in [9.17, 15) is 9.59 Å². The first-order valence-electron chi connectivity index (χ1n) is 10.2. The summed E-state index contributed by atoms with van der Waals surface area (Å²) in [7, 11) is 0. The standard InChI is InChI=1S/C22H28N6O2/c1-5-14(2)26-21(30)18-8-6-7-17(11-18)12-23-20(29)10-9-19-15(3)27-22-24-13-25-28(22)16(19)4/h6-8,11,13-14H,5,9-10,12H2,1-4H3,(H,23,29)(H,26,30). The maximum Gasteiger partial charge on any atom is 0.252 e. The van der Waals surface area contributed by atoms with Crippen molar-refractivity contribution in [2.24, 2.45) is 0 Å². The van der Waals surface area contributed by atoms with Crippen LogP contribution >= 0.6 is 0 Å². The molecule has 1 aromatic carbocycles. The van der Waals surface area contributed by atoms with Gasteiger partial charge in [0, 0.05) is 36.0 Å². The van der Waals surface area contributed by atoms with Crippen molar-refractivity contribution >= 4 is 17.6 Å². The molecule has 0 aliphatic heterocycles. The van der Waals surface area contributed by atoms with Gasteiger partial charge >= 0.3 is 0 Å². The summed E-state index contributed by atoms with van der Waals surface area (Å²) in [5.74, 6) is 0.414. The van der Waals surface area contributed by atoms with Gasteiger partial charge in [0.25, 0.3) is 11.7 Å². The van der Waals surface area contributed by atoms with E-state index in [0.29, 0.717) is 30.7 Å². The molecular weight excluding hydrogens is 380 g/mol. The van der Waals surface area contributed by atoms with Crippen LogP contribution in [0.1, 0.15) is 59.6 Å². The van der Waals surface area contributed by atoms with Crippen molar-refractivity contribution in [1.82, 2.24) is 30.2 Å². The first-order valence-corrected chi connectivity index (χ1v) is 10.2. The number of benzene rings is 1. The number of aromatic nitrogens is 4. The molecule has 1 atom stereocenters. The Morgan fingerprint density at radius 1 is 1.23 bits per heavy atom. The SMILES string of the molecule is CCC(C)NC(=O)c1cccc(CNC(=O)CCc2c(C)nc3ncnn3c2C)c1. The van der Waals surface area contributed by atoms with E-state index in [4.69, 9.17) is 0 Å². The lowest BCUT2D eigenvalue weighted by molar-refractivity contribution is -0.121. The van der Waals surface area contributed by atoms with Crippen molar-refractivity contribution in [3.05, 3.63) is 58.7 Å². The highest BCUT2D eigenvalue weighted by molar-refractivity contribution is 5.94. The second-order valence-electron chi connectivity index (χ2n) is 7.49. The molecular formula is C22H28N6O2. The summed E-state index contributed by atoms with van der Waals surface area (Å²) in [5, 5.41) is 10.1. The third-order valence-corrected chi connectivity index (χ3v) is 5.26. The normalized spacial score (nSPS) is 12.0. The number of carbonyl (C=O) groups is 2. The summed E-state index contributed by atoms with van der Waals surface area (Å²) in [6.07, 6.45) is 3.27. The summed E-state index contributed by atoms with van der Waals surface area (Å²) in [6.45, 7) is 8.26. The highest BCUT2D eigenvalue weighted by Gasteiger charge is 2.13. The van der Waals surface area contributed by atoms with Gasteiger partial charge < -0.3 is 10.6 Å². The molecule has 0 saturated heterocycles. The van der Waals surface area contributed by atoms with Crippen molar-refractivity contribution in [2.75, 3.05) is 0 Å². The molecule has 158 valence electrons. The predicted molar refractivity (Wildman–Crippen MR) is 114 cm³/mol. The van der Waals surface area contributed by atoms with E-state index in [1.807, 2.05) is 45.9 Å². The zero-order chi connectivity index (χ0) is 21.7. The molecule has 8 nitrogen and oxygen atoms in total. The van der Waals surface area contributed by atoms with E-state index < -0.39 is 0 Å². The maximum absolute atomic E-state index is 12.4. The van der Waals surface area contributed by atoms with Crippen LogP contribution in [-0.4, -0.2) is 37.4 Å². The summed E-state index contributed by atoms with van der Waals surface area (Å²) in [6, 6.07) is 7.45. The average Bonchev–Trinajstić information content (AvgIpc) is 3.20. The maximum atomic E-state index is 12.4. The van der Waals surface area contributed by atoms with Gasteiger partial charge in [0.05, 0.1) is 0 Å². The number of amides is 2. The number of nitrogens with one attached hydrogen (secondary N) is 2. The fourth-order valence-corrected chi connectivity index (χ4v) is 3.28. The molecule has 0 bridgehead atoms. The first kappa shape index (κ1) is 21.4. The Morgan fingerprint density at radius 2 is 2.03 bits per heavy atom. The van der Waals surface area contributed by atoms with Gasteiger partial charge in [-0.2, -0.15) is 10.1 Å². The van der Waals surface area contributed by atoms with Crippen LogP contribution in [0.4, 0.5) is 0 Å². The van der Waals surface area contributed by atoms with Crippen LogP contribution in [0.15, 0.2) is 30.6 Å². The molecule has 8 heteroatoms. The van der Waals surface area contributed by atoms with Crippen molar-refractivity contribution in [3.63, 3.8) is 0 Å². The molecule has 30 heavy (non-hydrogen) atoms. The lowest BCUT2D eigenvalue weighted by Crippen LogP contribution is -2.32. The Morgan fingerprint density at radius 3 is 2.80 bits per heavy atom. The third kappa shape index (κ3) is 5.00. The van der Waals surface area contributed by atoms with Gasteiger partial charge in [-0.3, -0.25) is 9.59 Å². The van der Waals surface area contributed by atoms with Gasteiger partial charge in [0.15, 0.2) is 0 Å². The number of aryl methyl sites for hydroxylation is 2. The molecule has 0 fully saturated rings. The zero-order valence-corrected chi connectivity index (χ0v) is 17.9. The third-order valence-electron chi connectivity index (χ3n) is 5.26. The van der Waals surface area contributed by atoms with Crippen LogP contribution in [0.5, 0.6) is 0 Å². The van der Waals surface area contributed by atoms with Crippen molar-refractivity contribution < 1.29 is 9.59 Å². The Balaban J connectivity index is 1.56. The number of hydrogen-bond acceptors (Lipinski definition) is 5. The Kier molecular flexibility index (Phi) is 6.76. The summed E-state index contributed by atoms with van der Waals surface area (Å²) in [5.41, 5.74) is 4.30. The molecule has 0 spiro atoms.